The van der Waals surface area contributed by atoms with Gasteiger partial charge in [0.05, 0.1) is 0 Å². The molecule has 0 aliphatic heterocycles. The molecule has 0 saturated heterocycles. The summed E-state index contributed by atoms with van der Waals surface area (Å²) in [5.41, 5.74) is 1.00. The van der Waals surface area contributed by atoms with Crippen LogP contribution in [-0.4, -0.2) is 23.0 Å². The Morgan fingerprint density at radius 1 is 1.12 bits per heavy atom. The third-order valence-electron chi connectivity index (χ3n) is 2.86. The molecule has 0 amide bonds. The first-order chi connectivity index (χ1) is 11.2. The highest BCUT2D eigenvalue weighted by molar-refractivity contribution is 5.88. The Morgan fingerprint density at radius 2 is 1.77 bits per heavy atom. The summed E-state index contributed by atoms with van der Waals surface area (Å²) in [5, 5.41) is 11.1. The lowest BCUT2D eigenvalue weighted by Gasteiger charge is -2.18. The molecule has 0 aromatic carbocycles. The standard InChI is InChI=1S/C11H16NO2.C7H8N2O.2HI/c1-11(2,3)14-10(13)9-6-5-7-12(4)8-9;1-9-5-3-2-4-7(9)6-8-10;;/h5-8H,1-4H3;2-6H,1H3;2*1H/q+1;;;/p-1. The third kappa shape index (κ3) is 10.6. The van der Waals surface area contributed by atoms with Crippen molar-refractivity contribution >= 4 is 12.2 Å². The van der Waals surface area contributed by atoms with E-state index in [0.717, 1.165) is 5.69 Å². The third-order valence-corrected chi connectivity index (χ3v) is 2.86. The number of pyridine rings is 2. The number of hydrogen-bond acceptors (Lipinski definition) is 4. The summed E-state index contributed by atoms with van der Waals surface area (Å²) in [6, 6.07) is 9.22. The van der Waals surface area contributed by atoms with E-state index in [1.165, 1.54) is 6.21 Å². The lowest BCUT2D eigenvalue weighted by molar-refractivity contribution is -0.672. The van der Waals surface area contributed by atoms with E-state index in [1.807, 2.05) is 80.7 Å². The monoisotopic (exact) mass is 585 g/mol. The van der Waals surface area contributed by atoms with Crippen LogP contribution in [-0.2, 0) is 18.8 Å². The molecular formula is C18H25I2N3O3. The maximum atomic E-state index is 11.6. The summed E-state index contributed by atoms with van der Waals surface area (Å²) >= 11 is 0. The number of ether oxygens (including phenoxy) is 1. The fourth-order valence-electron chi connectivity index (χ4n) is 1.78. The van der Waals surface area contributed by atoms with E-state index in [9.17, 15) is 4.79 Å². The van der Waals surface area contributed by atoms with Gasteiger partial charge in [0.1, 0.15) is 31.5 Å². The zero-order valence-corrected chi connectivity index (χ0v) is 19.9. The molecule has 144 valence electrons. The molecule has 0 bridgehead atoms. The van der Waals surface area contributed by atoms with Crippen molar-refractivity contribution in [3.63, 3.8) is 0 Å². The van der Waals surface area contributed by atoms with Gasteiger partial charge in [-0.05, 0) is 32.9 Å². The predicted octanol–water partition coefficient (Wildman–Crippen LogP) is -4.21. The second-order valence-electron chi connectivity index (χ2n) is 6.24. The van der Waals surface area contributed by atoms with Gasteiger partial charge in [-0.25, -0.2) is 13.9 Å². The number of carbonyl (C=O) groups is 1. The number of aromatic nitrogens is 2. The second kappa shape index (κ2) is 13.0. The van der Waals surface area contributed by atoms with Gasteiger partial charge in [0, 0.05) is 18.2 Å². The molecule has 0 saturated carbocycles. The van der Waals surface area contributed by atoms with Crippen LogP contribution in [0.25, 0.3) is 0 Å². The van der Waals surface area contributed by atoms with Crippen LogP contribution in [0.2, 0.25) is 0 Å². The normalized spacial score (nSPS) is 10.0. The van der Waals surface area contributed by atoms with E-state index in [-0.39, 0.29) is 53.9 Å². The van der Waals surface area contributed by atoms with Gasteiger partial charge in [0.15, 0.2) is 18.6 Å². The highest BCUT2D eigenvalue weighted by Crippen LogP contribution is 2.10. The average molecular weight is 585 g/mol. The number of oxime groups is 1. The van der Waals surface area contributed by atoms with Crippen molar-refractivity contribution in [3.05, 3.63) is 60.2 Å². The van der Waals surface area contributed by atoms with Gasteiger partial charge in [-0.2, -0.15) is 0 Å². The first-order valence-corrected chi connectivity index (χ1v) is 7.53. The van der Waals surface area contributed by atoms with Gasteiger partial charge in [-0.3, -0.25) is 0 Å². The zero-order chi connectivity index (χ0) is 18.2. The summed E-state index contributed by atoms with van der Waals surface area (Å²) in [4.78, 5) is 11.6. The maximum Gasteiger partial charge on any atom is 0.344 e. The molecular weight excluding hydrogens is 560 g/mol. The molecule has 0 spiro atoms. The molecule has 0 fully saturated rings. The molecule has 0 unspecified atom stereocenters. The molecule has 8 heteroatoms. The predicted molar refractivity (Wildman–Crippen MR) is 89.8 cm³/mol. The number of nitrogens with zero attached hydrogens (tertiary/aromatic N) is 3. The van der Waals surface area contributed by atoms with Gasteiger partial charge >= 0.3 is 5.97 Å². The van der Waals surface area contributed by atoms with Crippen molar-refractivity contribution in [1.82, 2.24) is 0 Å². The number of carbonyl (C=O) groups excluding carboxylic acids is 1. The quantitative estimate of drug-likeness (QED) is 0.0972. The molecule has 26 heavy (non-hydrogen) atoms. The number of hydrogen-bond donors (Lipinski definition) is 1. The Hall–Kier alpha value is -1.30. The summed E-state index contributed by atoms with van der Waals surface area (Å²) < 4.78 is 8.91. The highest BCUT2D eigenvalue weighted by atomic mass is 127. The first-order valence-electron chi connectivity index (χ1n) is 7.53. The van der Waals surface area contributed by atoms with Crippen LogP contribution in [0.1, 0.15) is 36.8 Å². The minimum Gasteiger partial charge on any atom is -1.00 e. The van der Waals surface area contributed by atoms with E-state index in [1.54, 1.807) is 12.3 Å². The molecule has 0 aliphatic rings. The minimum atomic E-state index is -0.439. The molecule has 2 heterocycles. The van der Waals surface area contributed by atoms with E-state index in [0.29, 0.717) is 5.56 Å². The smallest absolute Gasteiger partial charge is 0.344 e. The van der Waals surface area contributed by atoms with Crippen LogP contribution in [0, 0.1) is 0 Å². The van der Waals surface area contributed by atoms with Gasteiger partial charge in [0.2, 0.25) is 5.69 Å². The van der Waals surface area contributed by atoms with Crippen LogP contribution < -0.4 is 57.1 Å². The van der Waals surface area contributed by atoms with E-state index in [4.69, 9.17) is 9.94 Å². The largest absolute Gasteiger partial charge is 1.00 e. The van der Waals surface area contributed by atoms with Gasteiger partial charge < -0.3 is 57.9 Å². The Morgan fingerprint density at radius 3 is 2.27 bits per heavy atom. The van der Waals surface area contributed by atoms with Crippen molar-refractivity contribution in [3.8, 4) is 0 Å². The molecule has 2 rings (SSSR count). The Kier molecular flexibility index (Phi) is 13.4. The van der Waals surface area contributed by atoms with Gasteiger partial charge in [-0.15, -0.1) is 0 Å². The SMILES string of the molecule is C[n+]1cccc(C(=O)OC(C)(C)C)c1.C[n+]1ccccc1C=NO.[I-].[I-]. The summed E-state index contributed by atoms with van der Waals surface area (Å²) in [7, 11) is 3.75. The second-order valence-corrected chi connectivity index (χ2v) is 6.24. The van der Waals surface area contributed by atoms with Crippen LogP contribution in [0.5, 0.6) is 0 Å². The number of rotatable bonds is 2. The van der Waals surface area contributed by atoms with Crippen LogP contribution in [0.15, 0.2) is 54.1 Å². The number of halogens is 2. The van der Waals surface area contributed by atoms with Crippen LogP contribution >= 0.6 is 0 Å². The Labute approximate surface area is 188 Å². The summed E-state index contributed by atoms with van der Waals surface area (Å²) in [5.74, 6) is -0.284. The van der Waals surface area contributed by atoms with Crippen molar-refractivity contribution in [2.45, 2.75) is 26.4 Å². The topological polar surface area (TPSA) is 66.7 Å². The van der Waals surface area contributed by atoms with E-state index >= 15 is 0 Å². The fraction of sp³-hybridized carbons (Fsp3) is 0.333. The van der Waals surface area contributed by atoms with E-state index < -0.39 is 5.60 Å². The average Bonchev–Trinajstić information content (AvgIpc) is 2.49. The van der Waals surface area contributed by atoms with Crippen molar-refractivity contribution < 1.29 is 71.8 Å². The van der Waals surface area contributed by atoms with Gasteiger partial charge in [-0.1, -0.05) is 5.16 Å². The Bertz CT molecular complexity index is 717. The number of aryl methyl sites for hydroxylation is 2. The molecule has 0 atom stereocenters. The Balaban J connectivity index is 0. The zero-order valence-electron chi connectivity index (χ0n) is 15.6. The fourth-order valence-corrected chi connectivity index (χ4v) is 1.78. The molecule has 0 radical (unpaired) electrons. The van der Waals surface area contributed by atoms with Gasteiger partial charge in [0.25, 0.3) is 0 Å². The molecule has 0 aliphatic carbocycles. The first kappa shape index (κ1) is 26.9. The summed E-state index contributed by atoms with van der Waals surface area (Å²) in [6.07, 6.45) is 6.89. The highest BCUT2D eigenvalue weighted by Gasteiger charge is 2.19. The van der Waals surface area contributed by atoms with Crippen LogP contribution in [0.4, 0.5) is 0 Å². The van der Waals surface area contributed by atoms with Crippen molar-refractivity contribution in [2.24, 2.45) is 19.3 Å². The number of esters is 1. The molecule has 2 aromatic heterocycles. The minimum absolute atomic E-state index is 0. The molecule has 1 N–H and O–H groups in total. The maximum absolute atomic E-state index is 11.6. The van der Waals surface area contributed by atoms with E-state index in [2.05, 4.69) is 5.16 Å². The lowest BCUT2D eigenvalue weighted by atomic mass is 10.2. The van der Waals surface area contributed by atoms with Crippen molar-refractivity contribution in [1.29, 1.82) is 0 Å². The lowest BCUT2D eigenvalue weighted by Crippen LogP contribution is -3.00. The summed E-state index contributed by atoms with van der Waals surface area (Å²) in [6.45, 7) is 5.56. The van der Waals surface area contributed by atoms with Crippen molar-refractivity contribution in [2.75, 3.05) is 0 Å². The molecule has 2 aromatic rings. The van der Waals surface area contributed by atoms with Crippen LogP contribution in [0.3, 0.4) is 0 Å². The molecule has 6 nitrogen and oxygen atoms in total.